The van der Waals surface area contributed by atoms with Crippen molar-refractivity contribution in [3.05, 3.63) is 64.6 Å². The maximum Gasteiger partial charge on any atom is 0.308 e. The number of piperidine rings is 1. The Morgan fingerprint density at radius 2 is 2.00 bits per heavy atom. The van der Waals surface area contributed by atoms with Gasteiger partial charge in [0.05, 0.1) is 12.5 Å². The predicted molar refractivity (Wildman–Crippen MR) is 102 cm³/mol. The van der Waals surface area contributed by atoms with Gasteiger partial charge in [0.25, 0.3) is 5.56 Å². The first-order valence-corrected chi connectivity index (χ1v) is 9.01. The summed E-state index contributed by atoms with van der Waals surface area (Å²) < 4.78 is 1.62. The minimum atomic E-state index is -0.827. The van der Waals surface area contributed by atoms with Gasteiger partial charge in [-0.2, -0.15) is 0 Å². The average molecular weight is 364 g/mol. The molecule has 0 amide bonds. The molecule has 138 valence electrons. The third kappa shape index (κ3) is 3.40. The fraction of sp³-hybridized carbons (Fsp3) is 0.300. The molecule has 1 saturated heterocycles. The van der Waals surface area contributed by atoms with Gasteiger partial charge >= 0.3 is 5.97 Å². The van der Waals surface area contributed by atoms with E-state index in [9.17, 15) is 14.7 Å². The molecule has 0 spiro atoms. The van der Waals surface area contributed by atoms with Crippen molar-refractivity contribution in [3.63, 3.8) is 0 Å². The number of benzene rings is 1. The van der Waals surface area contributed by atoms with E-state index in [1.165, 1.54) is 0 Å². The van der Waals surface area contributed by atoms with Crippen LogP contribution in [0.3, 0.4) is 0 Å². The zero-order chi connectivity index (χ0) is 18.8. The van der Waals surface area contributed by atoms with Crippen molar-refractivity contribution in [1.29, 1.82) is 0 Å². The number of hydrogen-bond donors (Lipinski definition) is 1. The van der Waals surface area contributed by atoms with Crippen LogP contribution in [0.4, 0.5) is 5.82 Å². The van der Waals surface area contributed by atoms with Gasteiger partial charge in [-0.25, -0.2) is 9.97 Å². The van der Waals surface area contributed by atoms with Gasteiger partial charge in [0.2, 0.25) is 0 Å². The molecule has 3 aromatic rings. The lowest BCUT2D eigenvalue weighted by molar-refractivity contribution is -0.141. The zero-order valence-electron chi connectivity index (χ0n) is 14.8. The smallest absolute Gasteiger partial charge is 0.308 e. The number of nitrogens with zero attached hydrogens (tertiary/aromatic N) is 4. The Balaban J connectivity index is 1.81. The monoisotopic (exact) mass is 364 g/mol. The highest BCUT2D eigenvalue weighted by Gasteiger charge is 2.28. The van der Waals surface area contributed by atoms with Crippen LogP contribution in [0.5, 0.6) is 0 Å². The number of rotatable bonds is 4. The molecule has 1 aliphatic rings. The van der Waals surface area contributed by atoms with Crippen LogP contribution in [0.2, 0.25) is 0 Å². The number of hydrogen-bond acceptors (Lipinski definition) is 5. The van der Waals surface area contributed by atoms with Gasteiger partial charge in [0.15, 0.2) is 11.5 Å². The minimum Gasteiger partial charge on any atom is -0.481 e. The molecule has 0 bridgehead atoms. The number of aliphatic carboxylic acids is 1. The van der Waals surface area contributed by atoms with Crippen LogP contribution in [0.15, 0.2) is 53.5 Å². The predicted octanol–water partition coefficient (Wildman–Crippen LogP) is 2.14. The highest BCUT2D eigenvalue weighted by atomic mass is 16.4. The van der Waals surface area contributed by atoms with Gasteiger partial charge in [0.1, 0.15) is 5.52 Å². The molecule has 1 aliphatic heterocycles. The molecule has 1 N–H and O–H groups in total. The van der Waals surface area contributed by atoms with E-state index >= 15 is 0 Å². The summed E-state index contributed by atoms with van der Waals surface area (Å²) in [6, 6.07) is 13.3. The summed E-state index contributed by atoms with van der Waals surface area (Å²) in [4.78, 5) is 35.3. The molecule has 0 saturated carbocycles. The molecular weight excluding hydrogens is 344 g/mol. The summed E-state index contributed by atoms with van der Waals surface area (Å²) in [5.41, 5.74) is 1.91. The second-order valence-electron chi connectivity index (χ2n) is 6.78. The minimum absolute atomic E-state index is 0.240. The van der Waals surface area contributed by atoms with Gasteiger partial charge in [-0.15, -0.1) is 0 Å². The summed E-state index contributed by atoms with van der Waals surface area (Å²) in [6.45, 7) is 1.32. The van der Waals surface area contributed by atoms with Crippen molar-refractivity contribution in [3.8, 4) is 0 Å². The number of carbonyl (C=O) groups is 1. The Morgan fingerprint density at radius 3 is 2.78 bits per heavy atom. The number of pyridine rings is 1. The van der Waals surface area contributed by atoms with E-state index < -0.39 is 11.9 Å². The van der Waals surface area contributed by atoms with Crippen LogP contribution >= 0.6 is 0 Å². The molecule has 7 nitrogen and oxygen atoms in total. The van der Waals surface area contributed by atoms with Crippen molar-refractivity contribution in [2.75, 3.05) is 18.0 Å². The molecule has 1 fully saturated rings. The van der Waals surface area contributed by atoms with Crippen LogP contribution in [0, 0.1) is 5.92 Å². The first-order valence-electron chi connectivity index (χ1n) is 9.01. The van der Waals surface area contributed by atoms with Crippen molar-refractivity contribution in [2.45, 2.75) is 19.4 Å². The van der Waals surface area contributed by atoms with Crippen LogP contribution in [-0.2, 0) is 11.3 Å². The lowest BCUT2D eigenvalue weighted by Gasteiger charge is -2.31. The van der Waals surface area contributed by atoms with Gasteiger partial charge < -0.3 is 10.0 Å². The molecule has 0 aliphatic carbocycles. The third-order valence-electron chi connectivity index (χ3n) is 4.94. The van der Waals surface area contributed by atoms with Crippen LogP contribution < -0.4 is 10.5 Å². The fourth-order valence-corrected chi connectivity index (χ4v) is 3.55. The highest BCUT2D eigenvalue weighted by molar-refractivity contribution is 5.73. The van der Waals surface area contributed by atoms with Gasteiger partial charge in [-0.05, 0) is 30.5 Å². The lowest BCUT2D eigenvalue weighted by Crippen LogP contribution is -2.42. The Morgan fingerprint density at radius 1 is 1.19 bits per heavy atom. The molecule has 2 aromatic heterocycles. The van der Waals surface area contributed by atoms with E-state index in [4.69, 9.17) is 0 Å². The molecule has 3 heterocycles. The number of carboxylic acid groups (broad SMARTS) is 1. The third-order valence-corrected chi connectivity index (χ3v) is 4.94. The summed E-state index contributed by atoms with van der Waals surface area (Å²) in [7, 11) is 0. The van der Waals surface area contributed by atoms with Crippen LogP contribution in [0.25, 0.3) is 11.2 Å². The van der Waals surface area contributed by atoms with Crippen molar-refractivity contribution >= 4 is 23.0 Å². The quantitative estimate of drug-likeness (QED) is 0.763. The number of aromatic nitrogens is 3. The van der Waals surface area contributed by atoms with E-state index in [2.05, 4.69) is 9.97 Å². The normalized spacial score (nSPS) is 17.2. The van der Waals surface area contributed by atoms with E-state index in [-0.39, 0.29) is 5.56 Å². The van der Waals surface area contributed by atoms with Crippen LogP contribution in [-0.4, -0.2) is 38.7 Å². The maximum absolute atomic E-state index is 13.2. The Labute approximate surface area is 155 Å². The molecular formula is C20H20N4O3. The average Bonchev–Trinajstić information content (AvgIpc) is 2.71. The summed E-state index contributed by atoms with van der Waals surface area (Å²) in [5.74, 6) is -1.00. The highest BCUT2D eigenvalue weighted by Crippen LogP contribution is 2.21. The Hall–Kier alpha value is -3.22. The Kier molecular flexibility index (Phi) is 4.58. The fourth-order valence-electron chi connectivity index (χ4n) is 3.55. The van der Waals surface area contributed by atoms with Crippen molar-refractivity contribution in [2.24, 2.45) is 5.92 Å². The molecule has 1 atom stereocenters. The van der Waals surface area contributed by atoms with Gasteiger partial charge in [-0.1, -0.05) is 30.3 Å². The standard InChI is InChI=1S/C20H20N4O3/c25-19-18(23-11-5-8-15(13-23)20(26)27)22-16-9-4-10-21-17(16)24(19)12-14-6-2-1-3-7-14/h1-4,6-7,9-10,15H,5,8,11-13H2,(H,26,27)/t15-/m0/s1. The SMILES string of the molecule is O=C(O)[C@H]1CCCN(c2nc3cccnc3n(Cc3ccccc3)c2=O)C1. The maximum atomic E-state index is 13.2. The molecule has 0 radical (unpaired) electrons. The second-order valence-corrected chi connectivity index (χ2v) is 6.78. The first kappa shape index (κ1) is 17.2. The van der Waals surface area contributed by atoms with E-state index in [1.807, 2.05) is 36.4 Å². The van der Waals surface area contributed by atoms with E-state index in [0.29, 0.717) is 43.0 Å². The lowest BCUT2D eigenvalue weighted by atomic mass is 9.98. The number of carboxylic acids is 1. The Bertz CT molecular complexity index is 1030. The molecule has 27 heavy (non-hydrogen) atoms. The van der Waals surface area contributed by atoms with E-state index in [1.54, 1.807) is 21.7 Å². The summed E-state index contributed by atoms with van der Waals surface area (Å²) in [5, 5.41) is 9.35. The van der Waals surface area contributed by atoms with Gasteiger partial charge in [0, 0.05) is 19.3 Å². The molecule has 4 rings (SSSR count). The molecule has 0 unspecified atom stereocenters. The van der Waals surface area contributed by atoms with Gasteiger partial charge in [-0.3, -0.25) is 14.2 Å². The number of fused-ring (bicyclic) bond motifs is 1. The molecule has 7 heteroatoms. The van der Waals surface area contributed by atoms with Crippen molar-refractivity contribution < 1.29 is 9.90 Å². The topological polar surface area (TPSA) is 88.3 Å². The van der Waals surface area contributed by atoms with E-state index in [0.717, 1.165) is 12.0 Å². The summed E-state index contributed by atoms with van der Waals surface area (Å²) in [6.07, 6.45) is 2.99. The number of anilines is 1. The second kappa shape index (κ2) is 7.19. The van der Waals surface area contributed by atoms with Crippen molar-refractivity contribution in [1.82, 2.24) is 14.5 Å². The molecule has 1 aromatic carbocycles. The summed E-state index contributed by atoms with van der Waals surface area (Å²) >= 11 is 0. The first-order chi connectivity index (χ1) is 13.1. The largest absolute Gasteiger partial charge is 0.481 e. The zero-order valence-corrected chi connectivity index (χ0v) is 14.8. The van der Waals surface area contributed by atoms with Crippen LogP contribution in [0.1, 0.15) is 18.4 Å².